The Labute approximate surface area is 119 Å². The minimum Gasteiger partial charge on any atom is -0.298 e. The van der Waals surface area contributed by atoms with Crippen molar-refractivity contribution in [3.63, 3.8) is 0 Å². The van der Waals surface area contributed by atoms with E-state index in [0.29, 0.717) is 11.7 Å². The minimum absolute atomic E-state index is 0.0185. The van der Waals surface area contributed by atoms with Crippen LogP contribution in [0, 0.1) is 19.8 Å². The van der Waals surface area contributed by atoms with Crippen molar-refractivity contribution in [1.82, 2.24) is 0 Å². The van der Waals surface area contributed by atoms with Crippen LogP contribution in [0.4, 0.5) is 0 Å². The molecule has 0 amide bonds. The van der Waals surface area contributed by atoms with Crippen molar-refractivity contribution in [3.8, 4) is 0 Å². The molecular weight excluding hydrogens is 344 g/mol. The van der Waals surface area contributed by atoms with Gasteiger partial charge in [0.25, 0.3) is 0 Å². The van der Waals surface area contributed by atoms with Gasteiger partial charge in [0.2, 0.25) is 0 Å². The lowest BCUT2D eigenvalue weighted by molar-refractivity contribution is -0.119. The van der Waals surface area contributed by atoms with E-state index in [1.54, 1.807) is 0 Å². The fourth-order valence-electron chi connectivity index (χ4n) is 2.08. The number of rotatable bonds is 4. The molecule has 1 aromatic carbocycles. The van der Waals surface area contributed by atoms with E-state index in [1.165, 1.54) is 21.2 Å². The molecule has 3 heteroatoms. The Balaban J connectivity index is 2.10. The van der Waals surface area contributed by atoms with Crippen molar-refractivity contribution in [2.24, 2.45) is 5.92 Å². The number of hydrogen-bond acceptors (Lipinski definition) is 1. The van der Waals surface area contributed by atoms with E-state index in [0.717, 1.165) is 19.3 Å². The number of alkyl halides is 1. The van der Waals surface area contributed by atoms with E-state index in [-0.39, 0.29) is 4.83 Å². The lowest BCUT2D eigenvalue weighted by atomic mass is 10.0. The van der Waals surface area contributed by atoms with Crippen LogP contribution < -0.4 is 0 Å². The number of ketones is 1. The van der Waals surface area contributed by atoms with Crippen molar-refractivity contribution in [1.29, 1.82) is 0 Å². The summed E-state index contributed by atoms with van der Waals surface area (Å²) in [4.78, 5) is 11.9. The third-order valence-corrected chi connectivity index (χ3v) is 5.23. The summed E-state index contributed by atoms with van der Waals surface area (Å²) in [6.07, 6.45) is 2.96. The fraction of sp³-hybridized carbons (Fsp3) is 0.500. The van der Waals surface area contributed by atoms with Gasteiger partial charge in [0.15, 0.2) is 0 Å². The van der Waals surface area contributed by atoms with Crippen molar-refractivity contribution in [2.45, 2.75) is 37.9 Å². The van der Waals surface area contributed by atoms with E-state index < -0.39 is 0 Å². The highest BCUT2D eigenvalue weighted by molar-refractivity contribution is 9.10. The normalized spacial score (nSPS) is 16.9. The van der Waals surface area contributed by atoms with E-state index >= 15 is 0 Å². The maximum Gasteiger partial charge on any atom is 0.149 e. The second-order valence-corrected chi connectivity index (χ2v) is 6.79. The summed E-state index contributed by atoms with van der Waals surface area (Å²) in [5.74, 6) is 0.709. The lowest BCUT2D eigenvalue weighted by Crippen LogP contribution is -2.18. The van der Waals surface area contributed by atoms with Gasteiger partial charge < -0.3 is 0 Å². The van der Waals surface area contributed by atoms with Gasteiger partial charge in [-0.25, -0.2) is 0 Å². The van der Waals surface area contributed by atoms with Gasteiger partial charge in [-0.05, 0) is 49.8 Å². The quantitative estimate of drug-likeness (QED) is 0.730. The summed E-state index contributed by atoms with van der Waals surface area (Å²) in [6.45, 7) is 4.18. The van der Waals surface area contributed by atoms with Gasteiger partial charge >= 0.3 is 0 Å². The summed E-state index contributed by atoms with van der Waals surface area (Å²) in [7, 11) is 0. The Hall–Kier alpha value is -0.150. The zero-order valence-corrected chi connectivity index (χ0v) is 13.3. The van der Waals surface area contributed by atoms with E-state index in [9.17, 15) is 4.79 Å². The molecule has 0 radical (unpaired) electrons. The molecule has 1 unspecified atom stereocenters. The first-order valence-corrected chi connectivity index (χ1v) is 7.63. The largest absolute Gasteiger partial charge is 0.298 e. The smallest absolute Gasteiger partial charge is 0.149 e. The third kappa shape index (κ3) is 3.19. The molecule has 0 saturated heterocycles. The Bertz CT molecular complexity index is 427. The molecule has 17 heavy (non-hydrogen) atoms. The molecule has 1 fully saturated rings. The molecule has 1 aliphatic carbocycles. The SMILES string of the molecule is Cc1cc(CC(Br)C(=O)C2CC2)cc(C)c1Br. The van der Waals surface area contributed by atoms with Crippen LogP contribution >= 0.6 is 31.9 Å². The van der Waals surface area contributed by atoms with Gasteiger partial charge in [0.1, 0.15) is 5.78 Å². The number of carbonyl (C=O) groups is 1. The highest BCUT2D eigenvalue weighted by atomic mass is 79.9. The Morgan fingerprint density at radius 2 is 1.88 bits per heavy atom. The third-order valence-electron chi connectivity index (χ3n) is 3.20. The molecule has 1 atom stereocenters. The maximum absolute atomic E-state index is 11.9. The molecule has 92 valence electrons. The highest BCUT2D eigenvalue weighted by Gasteiger charge is 2.33. The van der Waals surface area contributed by atoms with Crippen LogP contribution in [0.15, 0.2) is 16.6 Å². The predicted octanol–water partition coefficient (Wildman–Crippen LogP) is 4.35. The summed E-state index contributed by atoms with van der Waals surface area (Å²) in [5.41, 5.74) is 3.70. The number of halogens is 2. The summed E-state index contributed by atoms with van der Waals surface area (Å²) >= 11 is 7.09. The van der Waals surface area contributed by atoms with Crippen molar-refractivity contribution < 1.29 is 4.79 Å². The molecule has 1 aromatic rings. The van der Waals surface area contributed by atoms with Crippen molar-refractivity contribution >= 4 is 37.6 Å². The molecule has 0 bridgehead atoms. The molecule has 0 N–H and O–H groups in total. The van der Waals surface area contributed by atoms with Gasteiger partial charge in [-0.2, -0.15) is 0 Å². The first kappa shape index (κ1) is 13.3. The van der Waals surface area contributed by atoms with Crippen LogP contribution in [-0.4, -0.2) is 10.6 Å². The average Bonchev–Trinajstić information content (AvgIpc) is 3.08. The van der Waals surface area contributed by atoms with Gasteiger partial charge in [0, 0.05) is 10.4 Å². The molecular formula is C14H16Br2O. The topological polar surface area (TPSA) is 17.1 Å². The Morgan fingerprint density at radius 1 is 1.35 bits per heavy atom. The first-order chi connectivity index (χ1) is 7.99. The van der Waals surface area contributed by atoms with Crippen LogP contribution in [0.5, 0.6) is 0 Å². The number of carbonyl (C=O) groups excluding carboxylic acids is 1. The minimum atomic E-state index is -0.0185. The molecule has 1 aliphatic rings. The number of Topliss-reactive ketones (excluding diaryl/α,β-unsaturated/α-hetero) is 1. The monoisotopic (exact) mass is 358 g/mol. The summed E-state index contributed by atoms with van der Waals surface area (Å²) in [5, 5.41) is 0. The second-order valence-electron chi connectivity index (χ2n) is 4.89. The molecule has 1 nitrogen and oxygen atoms in total. The van der Waals surface area contributed by atoms with Gasteiger partial charge in [0.05, 0.1) is 4.83 Å². The Morgan fingerprint density at radius 3 is 2.35 bits per heavy atom. The van der Waals surface area contributed by atoms with E-state index in [1.807, 2.05) is 0 Å². The zero-order chi connectivity index (χ0) is 12.6. The van der Waals surface area contributed by atoms with Gasteiger partial charge in [-0.3, -0.25) is 4.79 Å². The average molecular weight is 360 g/mol. The van der Waals surface area contributed by atoms with Crippen LogP contribution in [0.3, 0.4) is 0 Å². The highest BCUT2D eigenvalue weighted by Crippen LogP contribution is 2.33. The predicted molar refractivity (Wildman–Crippen MR) is 77.8 cm³/mol. The van der Waals surface area contributed by atoms with Gasteiger partial charge in [-0.1, -0.05) is 44.0 Å². The summed E-state index contributed by atoms with van der Waals surface area (Å²) in [6, 6.07) is 4.32. The maximum atomic E-state index is 11.9. The molecule has 2 rings (SSSR count). The fourth-order valence-corrected chi connectivity index (χ4v) is 3.06. The molecule has 0 aromatic heterocycles. The Kier molecular flexibility index (Phi) is 4.09. The number of hydrogen-bond donors (Lipinski definition) is 0. The second kappa shape index (κ2) is 5.23. The van der Waals surface area contributed by atoms with Crippen molar-refractivity contribution in [3.05, 3.63) is 33.3 Å². The molecule has 0 heterocycles. The zero-order valence-electron chi connectivity index (χ0n) is 10.1. The summed E-state index contributed by atoms with van der Waals surface area (Å²) < 4.78 is 1.17. The standard InChI is InChI=1S/C14H16Br2O/c1-8-5-10(6-9(2)13(8)16)7-12(15)14(17)11-3-4-11/h5-6,11-12H,3-4,7H2,1-2H3. The molecule has 0 aliphatic heterocycles. The molecule has 1 saturated carbocycles. The number of benzene rings is 1. The van der Waals surface area contributed by atoms with Crippen LogP contribution in [0.2, 0.25) is 0 Å². The molecule has 0 spiro atoms. The van der Waals surface area contributed by atoms with Crippen LogP contribution in [0.1, 0.15) is 29.5 Å². The van der Waals surface area contributed by atoms with E-state index in [4.69, 9.17) is 0 Å². The van der Waals surface area contributed by atoms with Crippen LogP contribution in [-0.2, 0) is 11.2 Å². The lowest BCUT2D eigenvalue weighted by Gasteiger charge is -2.11. The van der Waals surface area contributed by atoms with Gasteiger partial charge in [-0.15, -0.1) is 0 Å². The van der Waals surface area contributed by atoms with Crippen LogP contribution in [0.25, 0.3) is 0 Å². The number of aryl methyl sites for hydroxylation is 2. The van der Waals surface area contributed by atoms with Crippen molar-refractivity contribution in [2.75, 3.05) is 0 Å². The first-order valence-electron chi connectivity index (χ1n) is 5.92. The van der Waals surface area contributed by atoms with E-state index in [2.05, 4.69) is 57.8 Å².